The van der Waals surface area contributed by atoms with Crippen LogP contribution in [0.3, 0.4) is 0 Å². The molecule has 6 heteroatoms. The molecule has 0 bridgehead atoms. The van der Waals surface area contributed by atoms with Gasteiger partial charge in [-0.05, 0) is 17.7 Å². The number of ether oxygens (including phenoxy) is 1. The van der Waals surface area contributed by atoms with Crippen molar-refractivity contribution >= 4 is 6.09 Å². The minimum Gasteiger partial charge on any atom is -0.441 e. The lowest BCUT2D eigenvalue weighted by atomic mass is 10.1. The first-order chi connectivity index (χ1) is 9.65. The van der Waals surface area contributed by atoms with Crippen LogP contribution in [0.2, 0.25) is 0 Å². The van der Waals surface area contributed by atoms with Crippen molar-refractivity contribution in [1.29, 1.82) is 0 Å². The number of halogens is 1. The summed E-state index contributed by atoms with van der Waals surface area (Å²) in [6.45, 7) is 4.71. The first kappa shape index (κ1) is 14.7. The fourth-order valence-electron chi connectivity index (χ4n) is 2.35. The smallest absolute Gasteiger partial charge is 0.405 e. The Hall–Kier alpha value is -1.66. The van der Waals surface area contributed by atoms with Crippen molar-refractivity contribution in [3.05, 3.63) is 35.6 Å². The molecular weight excluding hydrogens is 261 g/mol. The van der Waals surface area contributed by atoms with Crippen molar-refractivity contribution in [3.63, 3.8) is 0 Å². The van der Waals surface area contributed by atoms with Gasteiger partial charge in [-0.3, -0.25) is 0 Å². The van der Waals surface area contributed by atoms with Crippen LogP contribution < -0.4 is 11.1 Å². The Balaban J connectivity index is 1.95. The summed E-state index contributed by atoms with van der Waals surface area (Å²) in [5, 5.41) is 3.28. The summed E-state index contributed by atoms with van der Waals surface area (Å²) >= 11 is 0. The molecule has 1 amide bonds. The zero-order valence-electron chi connectivity index (χ0n) is 11.3. The van der Waals surface area contributed by atoms with Crippen LogP contribution in [0.1, 0.15) is 18.1 Å². The number of nitrogens with one attached hydrogen (secondary N) is 1. The third kappa shape index (κ3) is 4.47. The van der Waals surface area contributed by atoms with E-state index in [2.05, 4.69) is 10.2 Å². The van der Waals surface area contributed by atoms with Gasteiger partial charge in [0.25, 0.3) is 0 Å². The summed E-state index contributed by atoms with van der Waals surface area (Å²) in [5.74, 6) is -0.311. The molecule has 0 aliphatic carbocycles. The molecule has 1 aromatic rings. The minimum absolute atomic E-state index is 0.311. The summed E-state index contributed by atoms with van der Waals surface area (Å²) in [6, 6.07) is 5.97. The van der Waals surface area contributed by atoms with E-state index >= 15 is 0 Å². The Morgan fingerprint density at radius 3 is 2.60 bits per heavy atom. The number of hydrogen-bond acceptors (Lipinski definition) is 4. The Bertz CT molecular complexity index is 433. The molecule has 0 aromatic heterocycles. The van der Waals surface area contributed by atoms with Crippen LogP contribution in [-0.2, 0) is 4.74 Å². The zero-order chi connectivity index (χ0) is 14.4. The highest BCUT2D eigenvalue weighted by Crippen LogP contribution is 2.22. The van der Waals surface area contributed by atoms with Crippen LogP contribution in [0.15, 0.2) is 24.3 Å². The highest BCUT2D eigenvalue weighted by Gasteiger charge is 2.18. The Kier molecular flexibility index (Phi) is 5.31. The van der Waals surface area contributed by atoms with E-state index in [4.69, 9.17) is 10.5 Å². The second-order valence-corrected chi connectivity index (χ2v) is 4.86. The van der Waals surface area contributed by atoms with Gasteiger partial charge in [0.05, 0.1) is 0 Å². The summed E-state index contributed by atoms with van der Waals surface area (Å²) < 4.78 is 18.1. The predicted octanol–water partition coefficient (Wildman–Crippen LogP) is 1.26. The van der Waals surface area contributed by atoms with Gasteiger partial charge >= 0.3 is 6.09 Å². The molecule has 2 rings (SSSR count). The average Bonchev–Trinajstić information content (AvgIpc) is 2.45. The lowest BCUT2D eigenvalue weighted by molar-refractivity contribution is 0.0902. The van der Waals surface area contributed by atoms with Crippen LogP contribution in [0.5, 0.6) is 0 Å². The van der Waals surface area contributed by atoms with Gasteiger partial charge < -0.3 is 20.7 Å². The molecule has 1 unspecified atom stereocenters. The van der Waals surface area contributed by atoms with E-state index in [1.54, 1.807) is 12.1 Å². The third-order valence-electron chi connectivity index (χ3n) is 3.42. The molecule has 1 fully saturated rings. The lowest BCUT2D eigenvalue weighted by Crippen LogP contribution is -2.44. The molecule has 1 aliphatic rings. The minimum atomic E-state index is -0.806. The van der Waals surface area contributed by atoms with Crippen LogP contribution >= 0.6 is 0 Å². The first-order valence-corrected chi connectivity index (χ1v) is 6.80. The molecule has 0 saturated carbocycles. The number of amides is 1. The molecule has 3 N–H and O–H groups in total. The molecular formula is C14H20FN3O2. The number of carbonyl (C=O) groups is 1. The predicted molar refractivity (Wildman–Crippen MR) is 73.7 cm³/mol. The van der Waals surface area contributed by atoms with E-state index in [0.29, 0.717) is 6.42 Å². The molecule has 1 heterocycles. The number of piperazine rings is 1. The van der Waals surface area contributed by atoms with Gasteiger partial charge in [-0.25, -0.2) is 9.18 Å². The summed E-state index contributed by atoms with van der Waals surface area (Å²) in [5.41, 5.74) is 5.87. The molecule has 1 aliphatic heterocycles. The highest BCUT2D eigenvalue weighted by molar-refractivity contribution is 5.65. The fraction of sp³-hybridized carbons (Fsp3) is 0.500. The van der Waals surface area contributed by atoms with Gasteiger partial charge in [-0.2, -0.15) is 0 Å². The quantitative estimate of drug-likeness (QED) is 0.852. The number of nitrogens with zero attached hydrogens (tertiary/aromatic N) is 1. The van der Waals surface area contributed by atoms with E-state index in [0.717, 1.165) is 38.3 Å². The molecule has 1 aromatic carbocycles. The van der Waals surface area contributed by atoms with Crippen molar-refractivity contribution in [3.8, 4) is 0 Å². The number of primary amides is 1. The SMILES string of the molecule is NC(=O)OC(CCN1CCNCC1)c1ccc(F)cc1. The maximum absolute atomic E-state index is 12.9. The average molecular weight is 281 g/mol. The van der Waals surface area contributed by atoms with E-state index in [9.17, 15) is 9.18 Å². The van der Waals surface area contributed by atoms with Crippen molar-refractivity contribution < 1.29 is 13.9 Å². The van der Waals surface area contributed by atoms with Gasteiger partial charge in [-0.1, -0.05) is 12.1 Å². The largest absolute Gasteiger partial charge is 0.441 e. The molecule has 5 nitrogen and oxygen atoms in total. The topological polar surface area (TPSA) is 67.6 Å². The van der Waals surface area contributed by atoms with Crippen LogP contribution in [0.25, 0.3) is 0 Å². The van der Waals surface area contributed by atoms with Crippen molar-refractivity contribution in [2.45, 2.75) is 12.5 Å². The molecule has 0 spiro atoms. The Morgan fingerprint density at radius 2 is 2.00 bits per heavy atom. The number of carbonyl (C=O) groups excluding carboxylic acids is 1. The number of hydrogen-bond donors (Lipinski definition) is 2. The first-order valence-electron chi connectivity index (χ1n) is 6.80. The number of benzene rings is 1. The monoisotopic (exact) mass is 281 g/mol. The maximum atomic E-state index is 12.9. The second-order valence-electron chi connectivity index (χ2n) is 4.86. The summed E-state index contributed by atoms with van der Waals surface area (Å²) in [4.78, 5) is 13.3. The van der Waals surface area contributed by atoms with Crippen molar-refractivity contribution in [1.82, 2.24) is 10.2 Å². The molecule has 0 radical (unpaired) electrons. The summed E-state index contributed by atoms with van der Waals surface area (Å²) in [6.07, 6.45) is -0.586. The summed E-state index contributed by atoms with van der Waals surface area (Å²) in [7, 11) is 0. The van der Waals surface area contributed by atoms with Gasteiger partial charge in [0.2, 0.25) is 0 Å². The Morgan fingerprint density at radius 1 is 1.35 bits per heavy atom. The van der Waals surface area contributed by atoms with Gasteiger partial charge in [0, 0.05) is 39.1 Å². The molecule has 20 heavy (non-hydrogen) atoms. The van der Waals surface area contributed by atoms with E-state index in [1.165, 1.54) is 12.1 Å². The van der Waals surface area contributed by atoms with E-state index in [1.807, 2.05) is 0 Å². The van der Waals surface area contributed by atoms with E-state index < -0.39 is 12.2 Å². The molecule has 1 atom stereocenters. The highest BCUT2D eigenvalue weighted by atomic mass is 19.1. The molecule has 1 saturated heterocycles. The normalized spacial score (nSPS) is 17.6. The number of nitrogens with two attached hydrogens (primary N) is 1. The number of rotatable bonds is 5. The van der Waals surface area contributed by atoms with Gasteiger partial charge in [0.1, 0.15) is 11.9 Å². The van der Waals surface area contributed by atoms with Gasteiger partial charge in [-0.15, -0.1) is 0 Å². The second kappa shape index (κ2) is 7.21. The van der Waals surface area contributed by atoms with Crippen molar-refractivity contribution in [2.75, 3.05) is 32.7 Å². The molecule has 110 valence electrons. The standard InChI is InChI=1S/C14H20FN3O2/c15-12-3-1-11(2-4-12)13(20-14(16)19)5-8-18-9-6-17-7-10-18/h1-4,13,17H,5-10H2,(H2,16,19). The lowest BCUT2D eigenvalue weighted by Gasteiger charge is -2.28. The Labute approximate surface area is 117 Å². The van der Waals surface area contributed by atoms with E-state index in [-0.39, 0.29) is 5.82 Å². The van der Waals surface area contributed by atoms with Gasteiger partial charge in [0.15, 0.2) is 0 Å². The van der Waals surface area contributed by atoms with Crippen LogP contribution in [-0.4, -0.2) is 43.7 Å². The van der Waals surface area contributed by atoms with Crippen LogP contribution in [0, 0.1) is 5.82 Å². The van der Waals surface area contributed by atoms with Crippen molar-refractivity contribution in [2.24, 2.45) is 5.73 Å². The van der Waals surface area contributed by atoms with Crippen LogP contribution in [0.4, 0.5) is 9.18 Å². The maximum Gasteiger partial charge on any atom is 0.405 e. The third-order valence-corrected chi connectivity index (χ3v) is 3.42. The zero-order valence-corrected chi connectivity index (χ0v) is 11.3. The fourth-order valence-corrected chi connectivity index (χ4v) is 2.35.